The van der Waals surface area contributed by atoms with Crippen LogP contribution in [0.1, 0.15) is 19.4 Å². The third-order valence-corrected chi connectivity index (χ3v) is 3.09. The maximum atomic E-state index is 6.08. The number of benzene rings is 1. The lowest BCUT2D eigenvalue weighted by Crippen LogP contribution is -2.28. The van der Waals surface area contributed by atoms with E-state index in [1.54, 1.807) is 0 Å². The Morgan fingerprint density at radius 1 is 1.50 bits per heavy atom. The van der Waals surface area contributed by atoms with Gasteiger partial charge < -0.3 is 5.73 Å². The topological polar surface area (TPSA) is 38.9 Å². The van der Waals surface area contributed by atoms with E-state index in [-0.39, 0.29) is 5.54 Å². The molecule has 14 heavy (non-hydrogen) atoms. The first-order chi connectivity index (χ1) is 6.48. The van der Waals surface area contributed by atoms with Gasteiger partial charge in [0.1, 0.15) is 5.52 Å². The summed E-state index contributed by atoms with van der Waals surface area (Å²) < 4.78 is 1.03. The van der Waals surface area contributed by atoms with Gasteiger partial charge in [-0.1, -0.05) is 11.6 Å². The average Bonchev–Trinajstić information content (AvgIpc) is 2.50. The van der Waals surface area contributed by atoms with Crippen molar-refractivity contribution in [2.75, 3.05) is 0 Å². The SMILES string of the molecule is CC(C)(N)c1cc(Cl)c2n[c]sc2c1. The van der Waals surface area contributed by atoms with Crippen molar-refractivity contribution in [3.63, 3.8) is 0 Å². The molecule has 0 fully saturated rings. The van der Waals surface area contributed by atoms with Crippen LogP contribution in [0.5, 0.6) is 0 Å². The molecule has 0 saturated heterocycles. The van der Waals surface area contributed by atoms with Crippen molar-refractivity contribution in [3.05, 3.63) is 28.2 Å². The molecule has 0 unspecified atom stereocenters. The smallest absolute Gasteiger partial charge is 0.153 e. The number of rotatable bonds is 1. The molecule has 2 rings (SSSR count). The third-order valence-electron chi connectivity index (χ3n) is 2.09. The van der Waals surface area contributed by atoms with Gasteiger partial charge in [0.05, 0.1) is 9.72 Å². The van der Waals surface area contributed by atoms with E-state index < -0.39 is 0 Å². The van der Waals surface area contributed by atoms with E-state index >= 15 is 0 Å². The molecule has 2 nitrogen and oxygen atoms in total. The zero-order valence-electron chi connectivity index (χ0n) is 7.97. The molecule has 0 atom stereocenters. The van der Waals surface area contributed by atoms with Crippen LogP contribution in [0.2, 0.25) is 5.02 Å². The number of halogens is 1. The Labute approximate surface area is 91.7 Å². The van der Waals surface area contributed by atoms with E-state index in [4.69, 9.17) is 17.3 Å². The first-order valence-corrected chi connectivity index (χ1v) is 5.43. The number of hydrogen-bond donors (Lipinski definition) is 1. The molecule has 1 aromatic carbocycles. The Morgan fingerprint density at radius 2 is 2.21 bits per heavy atom. The molecule has 1 radical (unpaired) electrons. The van der Waals surface area contributed by atoms with Gasteiger partial charge in [0.25, 0.3) is 0 Å². The molecule has 0 aliphatic carbocycles. The van der Waals surface area contributed by atoms with Gasteiger partial charge in [-0.2, -0.15) is 0 Å². The molecule has 0 saturated carbocycles. The minimum Gasteiger partial charge on any atom is -0.322 e. The van der Waals surface area contributed by atoms with Gasteiger partial charge in [-0.05, 0) is 31.5 Å². The number of nitrogens with two attached hydrogens (primary N) is 1. The van der Waals surface area contributed by atoms with Crippen LogP contribution < -0.4 is 5.73 Å². The average molecular weight is 226 g/mol. The van der Waals surface area contributed by atoms with Gasteiger partial charge >= 0.3 is 0 Å². The van der Waals surface area contributed by atoms with Crippen LogP contribution in [-0.2, 0) is 5.54 Å². The summed E-state index contributed by atoms with van der Waals surface area (Å²) in [5, 5.41) is 0.647. The van der Waals surface area contributed by atoms with Gasteiger partial charge in [0.2, 0.25) is 0 Å². The first-order valence-electron chi connectivity index (χ1n) is 4.24. The van der Waals surface area contributed by atoms with Gasteiger partial charge in [0, 0.05) is 5.54 Å². The van der Waals surface area contributed by atoms with Crippen LogP contribution >= 0.6 is 22.9 Å². The maximum absolute atomic E-state index is 6.08. The molecule has 0 aliphatic heterocycles. The highest BCUT2D eigenvalue weighted by Crippen LogP contribution is 2.30. The Kier molecular flexibility index (Phi) is 2.26. The second kappa shape index (κ2) is 3.19. The fraction of sp³-hybridized carbons (Fsp3) is 0.300. The largest absolute Gasteiger partial charge is 0.322 e. The highest BCUT2D eigenvalue weighted by Gasteiger charge is 2.16. The van der Waals surface area contributed by atoms with Crippen molar-refractivity contribution in [2.24, 2.45) is 5.73 Å². The fourth-order valence-electron chi connectivity index (χ4n) is 1.25. The number of nitrogens with zero attached hydrogens (tertiary/aromatic N) is 1. The van der Waals surface area contributed by atoms with Crippen LogP contribution in [0.25, 0.3) is 10.2 Å². The van der Waals surface area contributed by atoms with Gasteiger partial charge in [0.15, 0.2) is 5.51 Å². The van der Waals surface area contributed by atoms with Gasteiger partial charge in [-0.25, -0.2) is 4.98 Å². The lowest BCUT2D eigenvalue weighted by molar-refractivity contribution is 0.555. The van der Waals surface area contributed by atoms with Crippen molar-refractivity contribution >= 4 is 33.2 Å². The zero-order valence-corrected chi connectivity index (χ0v) is 9.54. The van der Waals surface area contributed by atoms with E-state index in [0.717, 1.165) is 15.8 Å². The summed E-state index contributed by atoms with van der Waals surface area (Å²) in [7, 11) is 0. The molecule has 0 spiro atoms. The van der Waals surface area contributed by atoms with Crippen LogP contribution in [0, 0.1) is 5.51 Å². The predicted molar refractivity (Wildman–Crippen MR) is 60.7 cm³/mol. The number of fused-ring (bicyclic) bond motifs is 1. The highest BCUT2D eigenvalue weighted by atomic mass is 35.5. The lowest BCUT2D eigenvalue weighted by atomic mass is 9.96. The van der Waals surface area contributed by atoms with Crippen LogP contribution in [-0.4, -0.2) is 4.98 Å². The number of thiazole rings is 1. The molecule has 4 heteroatoms. The highest BCUT2D eigenvalue weighted by molar-refractivity contribution is 7.16. The van der Waals surface area contributed by atoms with Crippen molar-refractivity contribution in [1.82, 2.24) is 4.98 Å². The summed E-state index contributed by atoms with van der Waals surface area (Å²) in [5.74, 6) is 0. The van der Waals surface area contributed by atoms with Crippen LogP contribution in [0.15, 0.2) is 12.1 Å². The third kappa shape index (κ3) is 1.63. The number of hydrogen-bond acceptors (Lipinski definition) is 3. The predicted octanol–water partition coefficient (Wildman–Crippen LogP) is 2.94. The summed E-state index contributed by atoms with van der Waals surface area (Å²) in [6, 6.07) is 3.90. The molecule has 2 N–H and O–H groups in total. The Morgan fingerprint density at radius 3 is 2.86 bits per heavy atom. The Bertz CT molecular complexity index is 470. The molecule has 0 bridgehead atoms. The summed E-state index contributed by atoms with van der Waals surface area (Å²) >= 11 is 7.53. The fourth-order valence-corrected chi connectivity index (χ4v) is 2.24. The normalized spacial score (nSPS) is 12.3. The monoisotopic (exact) mass is 225 g/mol. The van der Waals surface area contributed by atoms with Gasteiger partial charge in [-0.15, -0.1) is 11.3 Å². The quantitative estimate of drug-likeness (QED) is 0.811. The number of aromatic nitrogens is 1. The van der Waals surface area contributed by atoms with E-state index in [9.17, 15) is 0 Å². The van der Waals surface area contributed by atoms with Gasteiger partial charge in [-0.3, -0.25) is 0 Å². The Hall–Kier alpha value is -0.640. The van der Waals surface area contributed by atoms with E-state index in [0.29, 0.717) is 5.02 Å². The summed E-state index contributed by atoms with van der Waals surface area (Å²) in [6.45, 7) is 3.91. The second-order valence-corrected chi connectivity index (χ2v) is 5.07. The van der Waals surface area contributed by atoms with E-state index in [1.807, 2.05) is 26.0 Å². The molecule has 73 valence electrons. The lowest BCUT2D eigenvalue weighted by Gasteiger charge is -2.19. The van der Waals surface area contributed by atoms with E-state index in [1.165, 1.54) is 11.3 Å². The standard InChI is InChI=1S/C10H10ClN2S/c1-10(2,12)6-3-7(11)9-8(4-6)14-5-13-9/h3-4H,12H2,1-2H3. The molecular formula is C10H10ClN2S. The van der Waals surface area contributed by atoms with E-state index in [2.05, 4.69) is 10.5 Å². The van der Waals surface area contributed by atoms with Crippen molar-refractivity contribution in [1.29, 1.82) is 0 Å². The van der Waals surface area contributed by atoms with Crippen molar-refractivity contribution in [2.45, 2.75) is 19.4 Å². The summed E-state index contributed by atoms with van der Waals surface area (Å²) in [6.07, 6.45) is 0. The molecule has 0 aliphatic rings. The van der Waals surface area contributed by atoms with Crippen molar-refractivity contribution < 1.29 is 0 Å². The Balaban J connectivity index is 2.70. The molecule has 0 amide bonds. The maximum Gasteiger partial charge on any atom is 0.153 e. The molecule has 1 aromatic heterocycles. The summed E-state index contributed by atoms with van der Waals surface area (Å²) in [4.78, 5) is 4.06. The van der Waals surface area contributed by atoms with Crippen LogP contribution in [0.3, 0.4) is 0 Å². The molecular weight excluding hydrogens is 216 g/mol. The minimum absolute atomic E-state index is 0.373. The second-order valence-electron chi connectivity index (χ2n) is 3.83. The minimum atomic E-state index is -0.373. The van der Waals surface area contributed by atoms with Crippen LogP contribution in [0.4, 0.5) is 0 Å². The first kappa shape index (κ1) is 9.90. The summed E-state index contributed by atoms with van der Waals surface area (Å²) in [5.41, 5.74) is 10.3. The zero-order chi connectivity index (χ0) is 10.3. The molecule has 1 heterocycles. The van der Waals surface area contributed by atoms with Crippen molar-refractivity contribution in [3.8, 4) is 0 Å². The molecule has 2 aromatic rings.